The summed E-state index contributed by atoms with van der Waals surface area (Å²) in [7, 11) is 3.82. The highest BCUT2D eigenvalue weighted by Gasteiger charge is 2.25. The molecule has 1 aromatic carbocycles. The van der Waals surface area contributed by atoms with Crippen LogP contribution in [0.4, 0.5) is 26.8 Å². The highest BCUT2D eigenvalue weighted by Crippen LogP contribution is 2.36. The predicted octanol–water partition coefficient (Wildman–Crippen LogP) is 4.31. The summed E-state index contributed by atoms with van der Waals surface area (Å²) in [5.74, 6) is 1.22. The van der Waals surface area contributed by atoms with Crippen molar-refractivity contribution in [3.8, 4) is 16.3 Å². The van der Waals surface area contributed by atoms with Gasteiger partial charge < -0.3 is 24.8 Å². The zero-order valence-corrected chi connectivity index (χ0v) is 20.7. The molecule has 2 fully saturated rings. The molecule has 1 N–H and O–H groups in total. The van der Waals surface area contributed by atoms with Crippen LogP contribution in [0.2, 0.25) is 5.02 Å². The molecule has 4 heterocycles. The topological polar surface area (TPSA) is 69.6 Å². The number of alkyl halides is 1. The second-order valence-corrected chi connectivity index (χ2v) is 9.95. The van der Waals surface area contributed by atoms with Crippen LogP contribution in [0.1, 0.15) is 6.42 Å². The van der Waals surface area contributed by atoms with Crippen LogP contribution >= 0.6 is 22.9 Å². The lowest BCUT2D eigenvalue weighted by Crippen LogP contribution is -2.44. The number of likely N-dealkylation sites (N-methyl/N-ethyl adjacent to an activating group) is 1. The maximum absolute atomic E-state index is 13.6. The minimum Gasteiger partial charge on any atom is -0.495 e. The lowest BCUT2D eigenvalue weighted by Gasteiger charge is -2.34. The van der Waals surface area contributed by atoms with Crippen molar-refractivity contribution in [2.75, 3.05) is 68.5 Å². The Morgan fingerprint density at radius 1 is 1.12 bits per heavy atom. The zero-order chi connectivity index (χ0) is 23.7. The van der Waals surface area contributed by atoms with Crippen molar-refractivity contribution in [3.63, 3.8) is 0 Å². The minimum absolute atomic E-state index is 0.378. The molecular weight excluding hydrogens is 477 g/mol. The van der Waals surface area contributed by atoms with E-state index >= 15 is 0 Å². The quantitative estimate of drug-likeness (QED) is 0.534. The number of nitrogens with zero attached hydrogens (tertiary/aromatic N) is 6. The Balaban J connectivity index is 1.34. The SMILES string of the molecule is COc1cc(Nc2ncc(Cl)c(-c3cnc(N4CCC(F)C4)s3)n2)ccc1N1CCN(C)CC1. The van der Waals surface area contributed by atoms with Crippen LogP contribution in [0.3, 0.4) is 0 Å². The molecule has 2 aromatic heterocycles. The predicted molar refractivity (Wildman–Crippen MR) is 136 cm³/mol. The molecule has 0 amide bonds. The molecule has 5 rings (SSSR count). The first-order chi connectivity index (χ1) is 16.5. The third-order valence-electron chi connectivity index (χ3n) is 6.15. The number of thiazole rings is 1. The number of anilines is 4. The average molecular weight is 504 g/mol. The Morgan fingerprint density at radius 3 is 2.68 bits per heavy atom. The summed E-state index contributed by atoms with van der Waals surface area (Å²) in [6.45, 7) is 5.02. The van der Waals surface area contributed by atoms with Gasteiger partial charge in [-0.25, -0.2) is 19.3 Å². The average Bonchev–Trinajstić information content (AvgIpc) is 3.50. The molecule has 2 saturated heterocycles. The molecule has 0 aliphatic carbocycles. The number of nitrogens with one attached hydrogen (secondary N) is 1. The monoisotopic (exact) mass is 503 g/mol. The van der Waals surface area contributed by atoms with Gasteiger partial charge in [-0.1, -0.05) is 22.9 Å². The first-order valence-corrected chi connectivity index (χ1v) is 12.5. The van der Waals surface area contributed by atoms with Gasteiger partial charge in [0.05, 0.1) is 35.4 Å². The summed E-state index contributed by atoms with van der Waals surface area (Å²) in [6.07, 6.45) is 3.05. The van der Waals surface area contributed by atoms with Gasteiger partial charge in [-0.3, -0.25) is 0 Å². The zero-order valence-electron chi connectivity index (χ0n) is 19.2. The number of benzene rings is 1. The van der Waals surface area contributed by atoms with E-state index in [4.69, 9.17) is 16.3 Å². The van der Waals surface area contributed by atoms with Crippen molar-refractivity contribution in [1.29, 1.82) is 0 Å². The van der Waals surface area contributed by atoms with Crippen LogP contribution in [-0.4, -0.2) is 79.4 Å². The summed E-state index contributed by atoms with van der Waals surface area (Å²) in [5, 5.41) is 4.48. The molecule has 34 heavy (non-hydrogen) atoms. The van der Waals surface area contributed by atoms with Gasteiger partial charge in [0.15, 0.2) is 5.13 Å². The van der Waals surface area contributed by atoms with E-state index in [1.807, 2.05) is 17.0 Å². The molecule has 3 aromatic rings. The fourth-order valence-electron chi connectivity index (χ4n) is 4.21. The summed E-state index contributed by atoms with van der Waals surface area (Å²) >= 11 is 7.87. The molecule has 11 heteroatoms. The van der Waals surface area contributed by atoms with Crippen LogP contribution in [0.15, 0.2) is 30.6 Å². The highest BCUT2D eigenvalue weighted by molar-refractivity contribution is 7.18. The Labute approximate surface area is 207 Å². The summed E-state index contributed by atoms with van der Waals surface area (Å²) in [4.78, 5) is 20.9. The molecule has 1 atom stereocenters. The number of piperazine rings is 1. The minimum atomic E-state index is -0.801. The summed E-state index contributed by atoms with van der Waals surface area (Å²) < 4.78 is 19.3. The van der Waals surface area contributed by atoms with Crippen molar-refractivity contribution in [2.45, 2.75) is 12.6 Å². The van der Waals surface area contributed by atoms with Gasteiger partial charge in [0, 0.05) is 50.7 Å². The Kier molecular flexibility index (Phi) is 6.71. The molecule has 1 unspecified atom stereocenters. The van der Waals surface area contributed by atoms with E-state index < -0.39 is 6.17 Å². The number of methoxy groups -OCH3 is 1. The van der Waals surface area contributed by atoms with Gasteiger partial charge in [-0.15, -0.1) is 0 Å². The Bertz CT molecular complexity index is 1150. The largest absolute Gasteiger partial charge is 0.495 e. The first-order valence-electron chi connectivity index (χ1n) is 11.3. The molecule has 8 nitrogen and oxygen atoms in total. The van der Waals surface area contributed by atoms with E-state index in [0.29, 0.717) is 36.2 Å². The van der Waals surface area contributed by atoms with Crippen molar-refractivity contribution in [3.05, 3.63) is 35.6 Å². The fourth-order valence-corrected chi connectivity index (χ4v) is 5.41. The van der Waals surface area contributed by atoms with Crippen LogP contribution in [-0.2, 0) is 0 Å². The Hall–Kier alpha value is -2.69. The van der Waals surface area contributed by atoms with Crippen LogP contribution in [0, 0.1) is 0 Å². The number of hydrogen-bond acceptors (Lipinski definition) is 9. The third kappa shape index (κ3) is 4.89. The van der Waals surface area contributed by atoms with E-state index in [2.05, 4.69) is 43.2 Å². The summed E-state index contributed by atoms with van der Waals surface area (Å²) in [5.41, 5.74) is 2.49. The lowest BCUT2D eigenvalue weighted by atomic mass is 10.2. The molecule has 180 valence electrons. The number of hydrogen-bond donors (Lipinski definition) is 1. The van der Waals surface area contributed by atoms with Crippen LogP contribution < -0.4 is 19.9 Å². The van der Waals surface area contributed by atoms with Gasteiger partial charge >= 0.3 is 0 Å². The number of ether oxygens (including phenoxy) is 1. The molecule has 0 radical (unpaired) electrons. The van der Waals surface area contributed by atoms with E-state index in [0.717, 1.165) is 53.3 Å². The smallest absolute Gasteiger partial charge is 0.227 e. The highest BCUT2D eigenvalue weighted by atomic mass is 35.5. The molecule has 2 aliphatic rings. The molecule has 2 aliphatic heterocycles. The third-order valence-corrected chi connectivity index (χ3v) is 7.49. The van der Waals surface area contributed by atoms with E-state index in [1.54, 1.807) is 19.5 Å². The molecule has 0 bridgehead atoms. The Morgan fingerprint density at radius 2 is 1.94 bits per heavy atom. The first kappa shape index (κ1) is 23.1. The van der Waals surface area contributed by atoms with Crippen LogP contribution in [0.5, 0.6) is 5.75 Å². The second-order valence-electron chi connectivity index (χ2n) is 8.53. The van der Waals surface area contributed by atoms with Gasteiger partial charge in [0.2, 0.25) is 5.95 Å². The van der Waals surface area contributed by atoms with Gasteiger partial charge in [0.25, 0.3) is 0 Å². The second kappa shape index (κ2) is 9.89. The van der Waals surface area contributed by atoms with Crippen molar-refractivity contribution in [1.82, 2.24) is 19.9 Å². The van der Waals surface area contributed by atoms with E-state index in [9.17, 15) is 4.39 Å². The van der Waals surface area contributed by atoms with Gasteiger partial charge in [0.1, 0.15) is 17.6 Å². The van der Waals surface area contributed by atoms with Gasteiger partial charge in [-0.2, -0.15) is 0 Å². The lowest BCUT2D eigenvalue weighted by molar-refractivity contribution is 0.311. The number of aromatic nitrogens is 3. The maximum atomic E-state index is 13.6. The maximum Gasteiger partial charge on any atom is 0.227 e. The number of rotatable bonds is 6. The van der Waals surface area contributed by atoms with Crippen molar-refractivity contribution < 1.29 is 9.13 Å². The normalized spacial score (nSPS) is 19.0. The van der Waals surface area contributed by atoms with Crippen LogP contribution in [0.25, 0.3) is 10.6 Å². The molecule has 0 spiro atoms. The standard InChI is InChI=1S/C23H27ClFN7OS/c1-30-7-9-31(10-8-30)18-4-3-16(11-19(18)33-2)28-22-26-12-17(24)21(29-22)20-13-27-23(34-20)32-6-5-15(25)14-32/h3-4,11-13,15H,5-10,14H2,1-2H3,(H,26,28,29). The van der Waals surface area contributed by atoms with E-state index in [-0.39, 0.29) is 0 Å². The van der Waals surface area contributed by atoms with Crippen molar-refractivity contribution >= 4 is 45.4 Å². The summed E-state index contributed by atoms with van der Waals surface area (Å²) in [6, 6.07) is 6.02. The van der Waals surface area contributed by atoms with Gasteiger partial charge in [-0.05, 0) is 25.6 Å². The molecular formula is C23H27ClFN7OS. The van der Waals surface area contributed by atoms with Crippen molar-refractivity contribution in [2.24, 2.45) is 0 Å². The van der Waals surface area contributed by atoms with E-state index in [1.165, 1.54) is 11.3 Å². The molecule has 0 saturated carbocycles. The fraction of sp³-hybridized carbons (Fsp3) is 0.435. The number of halogens is 2.